The first kappa shape index (κ1) is 15.8. The molecule has 1 aromatic heterocycles. The van der Waals surface area contributed by atoms with E-state index < -0.39 is 18.2 Å². The van der Waals surface area contributed by atoms with Gasteiger partial charge in [-0.25, -0.2) is 0 Å². The quantitative estimate of drug-likeness (QED) is 0.863. The highest BCUT2D eigenvalue weighted by atomic mass is 32.1. The van der Waals surface area contributed by atoms with Crippen molar-refractivity contribution in [2.45, 2.75) is 57.7 Å². The number of rotatable bonds is 4. The molecule has 0 aromatic carbocycles. The largest absolute Gasteiger partial charge is 0.392 e. The second-order valence-corrected chi connectivity index (χ2v) is 6.91. The van der Waals surface area contributed by atoms with E-state index in [1.807, 2.05) is 12.1 Å². The van der Waals surface area contributed by atoms with E-state index in [0.717, 1.165) is 11.3 Å². The van der Waals surface area contributed by atoms with Crippen LogP contribution in [0.4, 0.5) is 13.2 Å². The number of halogens is 3. The fraction of sp³-hybridized carbons (Fsp3) is 0.733. The molecule has 1 nitrogen and oxygen atoms in total. The number of hydrogen-bond donors (Lipinski definition) is 1. The maximum absolute atomic E-state index is 12.8. The van der Waals surface area contributed by atoms with Gasteiger partial charge < -0.3 is 5.11 Å². The Labute approximate surface area is 121 Å². The van der Waals surface area contributed by atoms with Gasteiger partial charge in [-0.1, -0.05) is 13.3 Å². The molecule has 0 bridgehead atoms. The number of aryl methyl sites for hydroxylation is 1. The maximum atomic E-state index is 12.8. The van der Waals surface area contributed by atoms with Crippen LogP contribution in [0, 0.1) is 11.8 Å². The van der Waals surface area contributed by atoms with Crippen LogP contribution >= 0.6 is 11.3 Å². The average molecular weight is 306 g/mol. The molecule has 1 saturated carbocycles. The zero-order valence-electron chi connectivity index (χ0n) is 11.6. The molecule has 3 atom stereocenters. The molecule has 0 saturated heterocycles. The summed E-state index contributed by atoms with van der Waals surface area (Å²) >= 11 is 1.65. The molecule has 114 valence electrons. The van der Waals surface area contributed by atoms with Crippen molar-refractivity contribution >= 4 is 11.3 Å². The van der Waals surface area contributed by atoms with Crippen molar-refractivity contribution in [1.29, 1.82) is 0 Å². The molecule has 3 unspecified atom stereocenters. The first-order valence-corrected chi connectivity index (χ1v) is 8.04. The van der Waals surface area contributed by atoms with Gasteiger partial charge >= 0.3 is 6.18 Å². The van der Waals surface area contributed by atoms with Crippen molar-refractivity contribution in [3.8, 4) is 0 Å². The predicted octanol–water partition coefficient (Wildman–Crippen LogP) is 4.58. The van der Waals surface area contributed by atoms with Gasteiger partial charge in [-0.05, 0) is 43.7 Å². The van der Waals surface area contributed by atoms with Crippen molar-refractivity contribution in [1.82, 2.24) is 0 Å². The van der Waals surface area contributed by atoms with Crippen LogP contribution in [0.3, 0.4) is 0 Å². The average Bonchev–Trinajstić information content (AvgIpc) is 2.85. The van der Waals surface area contributed by atoms with Crippen molar-refractivity contribution in [3.63, 3.8) is 0 Å². The van der Waals surface area contributed by atoms with Gasteiger partial charge in [-0.15, -0.1) is 11.3 Å². The highest BCUT2D eigenvalue weighted by Crippen LogP contribution is 2.41. The molecule has 1 aromatic rings. The lowest BCUT2D eigenvalue weighted by Crippen LogP contribution is -2.34. The minimum atomic E-state index is -4.11. The minimum Gasteiger partial charge on any atom is -0.392 e. The summed E-state index contributed by atoms with van der Waals surface area (Å²) in [6.07, 6.45) is -1.75. The van der Waals surface area contributed by atoms with E-state index >= 15 is 0 Å². The zero-order chi connectivity index (χ0) is 14.8. The van der Waals surface area contributed by atoms with E-state index in [4.69, 9.17) is 0 Å². The normalized spacial score (nSPS) is 25.6. The molecule has 0 amide bonds. The van der Waals surface area contributed by atoms with E-state index in [-0.39, 0.29) is 18.8 Å². The molecule has 1 N–H and O–H groups in total. The monoisotopic (exact) mass is 306 g/mol. The molecule has 1 aliphatic carbocycles. The highest BCUT2D eigenvalue weighted by Gasteiger charge is 2.43. The molecular weight excluding hydrogens is 285 g/mol. The number of aliphatic hydroxyl groups excluding tert-OH is 1. The summed E-state index contributed by atoms with van der Waals surface area (Å²) in [5, 5.41) is 10.2. The zero-order valence-corrected chi connectivity index (χ0v) is 12.4. The van der Waals surface area contributed by atoms with Crippen molar-refractivity contribution in [2.24, 2.45) is 11.8 Å². The summed E-state index contributed by atoms with van der Waals surface area (Å²) in [5.74, 6) is -1.45. The number of hydrogen-bond acceptors (Lipinski definition) is 2. The van der Waals surface area contributed by atoms with E-state index in [1.54, 1.807) is 11.3 Å². The third-order valence-electron chi connectivity index (χ3n) is 4.20. The van der Waals surface area contributed by atoms with Crippen LogP contribution in [0.1, 0.15) is 42.4 Å². The number of thiophene rings is 1. The van der Waals surface area contributed by atoms with Crippen molar-refractivity contribution in [3.05, 3.63) is 21.9 Å². The standard InChI is InChI=1S/C15H21F3OS/c1-2-12-6-7-13(20-12)9-14(19)10-4-3-5-11(8-10)15(16,17)18/h6-7,10-11,14,19H,2-5,8-9H2,1H3. The lowest BCUT2D eigenvalue weighted by atomic mass is 9.77. The van der Waals surface area contributed by atoms with Crippen LogP contribution < -0.4 is 0 Å². The Kier molecular flexibility index (Phi) is 5.13. The van der Waals surface area contributed by atoms with Gasteiger partial charge in [0.2, 0.25) is 0 Å². The van der Waals surface area contributed by atoms with Gasteiger partial charge in [0, 0.05) is 16.2 Å². The van der Waals surface area contributed by atoms with E-state index in [9.17, 15) is 18.3 Å². The molecule has 0 aliphatic heterocycles. The Balaban J connectivity index is 1.93. The second-order valence-electron chi connectivity index (χ2n) is 5.66. The molecule has 2 rings (SSSR count). The van der Waals surface area contributed by atoms with Gasteiger partial charge in [0.25, 0.3) is 0 Å². The Morgan fingerprint density at radius 2 is 2.00 bits per heavy atom. The third-order valence-corrected chi connectivity index (χ3v) is 5.45. The predicted molar refractivity (Wildman–Crippen MR) is 74.9 cm³/mol. The van der Waals surface area contributed by atoms with Crippen molar-refractivity contribution < 1.29 is 18.3 Å². The smallest absolute Gasteiger partial charge is 0.391 e. The molecule has 1 heterocycles. The topological polar surface area (TPSA) is 20.2 Å². The summed E-state index contributed by atoms with van der Waals surface area (Å²) in [6, 6.07) is 4.02. The SMILES string of the molecule is CCc1ccc(CC(O)C2CCCC(C(F)(F)F)C2)s1. The Morgan fingerprint density at radius 1 is 1.30 bits per heavy atom. The Hall–Kier alpha value is -0.550. The van der Waals surface area contributed by atoms with Crippen LogP contribution in [-0.4, -0.2) is 17.4 Å². The summed E-state index contributed by atoms with van der Waals surface area (Å²) in [7, 11) is 0. The van der Waals surface area contributed by atoms with Gasteiger partial charge in [0.15, 0.2) is 0 Å². The van der Waals surface area contributed by atoms with E-state index in [0.29, 0.717) is 19.3 Å². The first-order valence-electron chi connectivity index (χ1n) is 7.22. The molecule has 20 heavy (non-hydrogen) atoms. The minimum absolute atomic E-state index is 0.0800. The van der Waals surface area contributed by atoms with Crippen molar-refractivity contribution in [2.75, 3.05) is 0 Å². The van der Waals surface area contributed by atoms with Crippen LogP contribution in [0.5, 0.6) is 0 Å². The lowest BCUT2D eigenvalue weighted by Gasteiger charge is -2.33. The molecule has 1 aliphatic rings. The van der Waals surface area contributed by atoms with Gasteiger partial charge in [-0.2, -0.15) is 13.2 Å². The van der Waals surface area contributed by atoms with E-state index in [2.05, 4.69) is 6.92 Å². The summed E-state index contributed by atoms with van der Waals surface area (Å²) < 4.78 is 38.3. The molecule has 0 radical (unpaired) electrons. The fourth-order valence-electron chi connectivity index (χ4n) is 2.97. The molecule has 1 fully saturated rings. The molecule has 0 spiro atoms. The van der Waals surface area contributed by atoms with Gasteiger partial charge in [-0.3, -0.25) is 0 Å². The maximum Gasteiger partial charge on any atom is 0.391 e. The fourth-order valence-corrected chi connectivity index (χ4v) is 3.98. The Morgan fingerprint density at radius 3 is 2.60 bits per heavy atom. The summed E-state index contributed by atoms with van der Waals surface area (Å²) in [5.41, 5.74) is 0. The van der Waals surface area contributed by atoms with Crippen LogP contribution in [0.15, 0.2) is 12.1 Å². The van der Waals surface area contributed by atoms with Crippen LogP contribution in [-0.2, 0) is 12.8 Å². The second kappa shape index (κ2) is 6.48. The first-order chi connectivity index (χ1) is 9.40. The van der Waals surface area contributed by atoms with Crippen LogP contribution in [0.2, 0.25) is 0 Å². The molecule has 5 heteroatoms. The number of alkyl halides is 3. The van der Waals surface area contributed by atoms with Gasteiger partial charge in [0.1, 0.15) is 0 Å². The summed E-state index contributed by atoms with van der Waals surface area (Å²) in [4.78, 5) is 2.33. The van der Waals surface area contributed by atoms with Crippen LogP contribution in [0.25, 0.3) is 0 Å². The Bertz CT molecular complexity index is 427. The summed E-state index contributed by atoms with van der Waals surface area (Å²) in [6.45, 7) is 2.07. The third kappa shape index (κ3) is 3.98. The molecular formula is C15H21F3OS. The number of aliphatic hydroxyl groups is 1. The highest BCUT2D eigenvalue weighted by molar-refractivity contribution is 7.11. The van der Waals surface area contributed by atoms with Gasteiger partial charge in [0.05, 0.1) is 12.0 Å². The lowest BCUT2D eigenvalue weighted by molar-refractivity contribution is -0.188. The van der Waals surface area contributed by atoms with E-state index in [1.165, 1.54) is 4.88 Å².